The van der Waals surface area contributed by atoms with Gasteiger partial charge in [-0.1, -0.05) is 74.9 Å². The molecule has 0 aromatic heterocycles. The minimum absolute atomic E-state index is 0.0630. The topological polar surface area (TPSA) is 92.5 Å². The Morgan fingerprint density at radius 3 is 2.52 bits per heavy atom. The van der Waals surface area contributed by atoms with Gasteiger partial charge in [-0.05, 0) is 72.9 Å². The average Bonchev–Trinajstić information content (AvgIpc) is 3.07. The molecule has 0 spiro atoms. The van der Waals surface area contributed by atoms with Crippen LogP contribution in [-0.4, -0.2) is 35.2 Å². The number of likely N-dealkylation sites (tertiary alicyclic amines) is 1. The van der Waals surface area contributed by atoms with E-state index in [0.717, 1.165) is 61.6 Å². The highest BCUT2D eigenvalue weighted by Crippen LogP contribution is 2.36. The number of nitrogens with one attached hydrogen (secondary N) is 1. The molecule has 1 aliphatic carbocycles. The van der Waals surface area contributed by atoms with Crippen LogP contribution in [0.3, 0.4) is 0 Å². The second-order valence-electron chi connectivity index (χ2n) is 11.4. The Balaban J connectivity index is 1.47. The average molecular weight is 570 g/mol. The number of carbonyl (C=O) groups is 3. The van der Waals surface area contributed by atoms with E-state index >= 15 is 0 Å². The molecule has 2 aromatic rings. The molecule has 0 unspecified atom stereocenters. The van der Waals surface area contributed by atoms with E-state index in [0.29, 0.717) is 38.3 Å². The SMILES string of the molecule is CCCC[C@H](C(N)=O)[C@@H](CC1CCC1)C(=O)N[C@H]1CCCCN(Cc2cccc(-c3ccc(F)c(Cl)c3)c2)C1=O. The lowest BCUT2D eigenvalue weighted by Gasteiger charge is -2.33. The van der Waals surface area contributed by atoms with Crippen molar-refractivity contribution in [1.82, 2.24) is 10.2 Å². The van der Waals surface area contributed by atoms with Crippen molar-refractivity contribution in [2.45, 2.75) is 83.7 Å². The summed E-state index contributed by atoms with van der Waals surface area (Å²) in [7, 11) is 0. The number of carbonyl (C=O) groups excluding carboxylic acids is 3. The van der Waals surface area contributed by atoms with Crippen LogP contribution in [0.1, 0.15) is 76.7 Å². The Labute approximate surface area is 241 Å². The molecule has 0 radical (unpaired) electrons. The van der Waals surface area contributed by atoms with Gasteiger partial charge in [-0.2, -0.15) is 0 Å². The third-order valence-electron chi connectivity index (χ3n) is 8.52. The van der Waals surface area contributed by atoms with Gasteiger partial charge in [0, 0.05) is 24.9 Å². The van der Waals surface area contributed by atoms with Crippen molar-refractivity contribution in [3.8, 4) is 11.1 Å². The predicted octanol–water partition coefficient (Wildman–Crippen LogP) is 6.24. The standard InChI is InChI=1S/C32H41ClFN3O3/c1-2-3-12-25(30(35)38)26(18-21-8-6-9-21)31(39)36-29-13-4-5-16-37(32(29)40)20-22-10-7-11-23(17-22)24-14-15-28(34)27(33)19-24/h7,10-11,14-15,17,19,21,25-26,29H,2-6,8-9,12-13,16,18,20H2,1H3,(H2,35,38)(H,36,39)/t25-,26+,29-/m0/s1. The van der Waals surface area contributed by atoms with Crippen LogP contribution >= 0.6 is 11.6 Å². The number of rotatable bonds is 12. The van der Waals surface area contributed by atoms with E-state index in [1.165, 1.54) is 6.07 Å². The maximum Gasteiger partial charge on any atom is 0.245 e. The van der Waals surface area contributed by atoms with Crippen molar-refractivity contribution in [3.63, 3.8) is 0 Å². The third-order valence-corrected chi connectivity index (χ3v) is 8.81. The fourth-order valence-corrected chi connectivity index (χ4v) is 6.11. The van der Waals surface area contributed by atoms with Crippen LogP contribution in [0, 0.1) is 23.6 Å². The minimum atomic E-state index is -0.627. The van der Waals surface area contributed by atoms with E-state index in [2.05, 4.69) is 12.2 Å². The molecule has 3 amide bonds. The summed E-state index contributed by atoms with van der Waals surface area (Å²) in [6, 6.07) is 11.8. The number of hydrogen-bond donors (Lipinski definition) is 2. The van der Waals surface area contributed by atoms with Crippen molar-refractivity contribution in [1.29, 1.82) is 0 Å². The normalized spacial score (nSPS) is 19.4. The Hall–Kier alpha value is -2.93. The number of halogens is 2. The van der Waals surface area contributed by atoms with Crippen LogP contribution < -0.4 is 11.1 Å². The van der Waals surface area contributed by atoms with Crippen LogP contribution in [-0.2, 0) is 20.9 Å². The Morgan fingerprint density at radius 1 is 1.07 bits per heavy atom. The quantitative estimate of drug-likeness (QED) is 0.317. The molecule has 4 rings (SSSR count). The van der Waals surface area contributed by atoms with E-state index in [1.54, 1.807) is 17.0 Å². The lowest BCUT2D eigenvalue weighted by molar-refractivity contribution is -0.139. The molecule has 1 aliphatic heterocycles. The molecule has 2 fully saturated rings. The number of benzene rings is 2. The van der Waals surface area contributed by atoms with Crippen LogP contribution in [0.5, 0.6) is 0 Å². The highest BCUT2D eigenvalue weighted by Gasteiger charge is 2.38. The fourth-order valence-electron chi connectivity index (χ4n) is 5.93. The van der Waals surface area contributed by atoms with Gasteiger partial charge in [0.25, 0.3) is 0 Å². The van der Waals surface area contributed by atoms with Gasteiger partial charge in [0.05, 0.1) is 5.02 Å². The van der Waals surface area contributed by atoms with Crippen LogP contribution in [0.25, 0.3) is 11.1 Å². The molecule has 6 nitrogen and oxygen atoms in total. The molecule has 3 N–H and O–H groups in total. The van der Waals surface area contributed by atoms with E-state index in [1.807, 2.05) is 24.3 Å². The summed E-state index contributed by atoms with van der Waals surface area (Å²) in [5, 5.41) is 3.11. The lowest BCUT2D eigenvalue weighted by atomic mass is 9.73. The van der Waals surface area contributed by atoms with Gasteiger partial charge in [-0.3, -0.25) is 14.4 Å². The number of hydrogen-bond acceptors (Lipinski definition) is 3. The highest BCUT2D eigenvalue weighted by molar-refractivity contribution is 6.31. The Kier molecular flexibility index (Phi) is 10.6. The first-order chi connectivity index (χ1) is 19.3. The molecule has 8 heteroatoms. The van der Waals surface area contributed by atoms with Gasteiger partial charge in [-0.25, -0.2) is 4.39 Å². The van der Waals surface area contributed by atoms with Crippen molar-refractivity contribution in [3.05, 3.63) is 58.9 Å². The summed E-state index contributed by atoms with van der Waals surface area (Å²) in [4.78, 5) is 41.5. The van der Waals surface area contributed by atoms with E-state index in [4.69, 9.17) is 17.3 Å². The van der Waals surface area contributed by atoms with Crippen LogP contribution in [0.15, 0.2) is 42.5 Å². The maximum atomic E-state index is 13.7. The Bertz CT molecular complexity index is 1200. The van der Waals surface area contributed by atoms with Gasteiger partial charge in [-0.15, -0.1) is 0 Å². The molecule has 2 aliphatic rings. The van der Waals surface area contributed by atoms with Crippen molar-refractivity contribution >= 4 is 29.3 Å². The zero-order chi connectivity index (χ0) is 28.6. The third kappa shape index (κ3) is 7.62. The number of nitrogens with zero attached hydrogens (tertiary/aromatic N) is 1. The highest BCUT2D eigenvalue weighted by atomic mass is 35.5. The monoisotopic (exact) mass is 569 g/mol. The molecular weight excluding hydrogens is 529 g/mol. The van der Waals surface area contributed by atoms with Gasteiger partial charge >= 0.3 is 0 Å². The van der Waals surface area contributed by atoms with Crippen LogP contribution in [0.4, 0.5) is 4.39 Å². The number of unbranched alkanes of at least 4 members (excludes halogenated alkanes) is 1. The second-order valence-corrected chi connectivity index (χ2v) is 11.8. The van der Waals surface area contributed by atoms with Gasteiger partial charge in [0.2, 0.25) is 17.7 Å². The van der Waals surface area contributed by atoms with Crippen LogP contribution in [0.2, 0.25) is 5.02 Å². The number of amides is 3. The smallest absolute Gasteiger partial charge is 0.245 e. The Morgan fingerprint density at radius 2 is 1.85 bits per heavy atom. The number of nitrogens with two attached hydrogens (primary N) is 1. The van der Waals surface area contributed by atoms with Gasteiger partial charge < -0.3 is 16.0 Å². The van der Waals surface area contributed by atoms with E-state index < -0.39 is 29.6 Å². The lowest BCUT2D eigenvalue weighted by Crippen LogP contribution is -2.51. The summed E-state index contributed by atoms with van der Waals surface area (Å²) in [5.41, 5.74) is 8.41. The largest absolute Gasteiger partial charge is 0.369 e. The zero-order valence-corrected chi connectivity index (χ0v) is 24.1. The predicted molar refractivity (Wildman–Crippen MR) is 156 cm³/mol. The summed E-state index contributed by atoms with van der Waals surface area (Å²) >= 11 is 5.99. The van der Waals surface area contributed by atoms with Gasteiger partial charge in [0.15, 0.2) is 0 Å². The number of primary amides is 1. The first-order valence-corrected chi connectivity index (χ1v) is 15.1. The maximum absolute atomic E-state index is 13.7. The molecular formula is C32H41ClFN3O3. The molecule has 2 aromatic carbocycles. The summed E-state index contributed by atoms with van der Waals surface area (Å²) in [5.74, 6) is -1.80. The zero-order valence-electron chi connectivity index (χ0n) is 23.3. The minimum Gasteiger partial charge on any atom is -0.369 e. The second kappa shape index (κ2) is 14.1. The fraction of sp³-hybridized carbons (Fsp3) is 0.531. The van der Waals surface area contributed by atoms with E-state index in [-0.39, 0.29) is 16.8 Å². The molecule has 0 bridgehead atoms. The molecule has 1 heterocycles. The summed E-state index contributed by atoms with van der Waals surface area (Å²) in [6.45, 7) is 3.06. The molecule has 216 valence electrons. The molecule has 3 atom stereocenters. The van der Waals surface area contributed by atoms with E-state index in [9.17, 15) is 18.8 Å². The molecule has 1 saturated heterocycles. The van der Waals surface area contributed by atoms with Gasteiger partial charge in [0.1, 0.15) is 11.9 Å². The first kappa shape index (κ1) is 30.0. The molecule has 40 heavy (non-hydrogen) atoms. The van der Waals surface area contributed by atoms with Crippen molar-refractivity contribution < 1.29 is 18.8 Å². The summed E-state index contributed by atoms with van der Waals surface area (Å²) < 4.78 is 13.7. The summed E-state index contributed by atoms with van der Waals surface area (Å²) in [6.07, 6.45) is 8.53. The van der Waals surface area contributed by atoms with Crippen molar-refractivity contribution in [2.24, 2.45) is 23.5 Å². The molecule has 1 saturated carbocycles. The first-order valence-electron chi connectivity index (χ1n) is 14.7. The van der Waals surface area contributed by atoms with Crippen molar-refractivity contribution in [2.75, 3.05) is 6.54 Å².